The zero-order valence-corrected chi connectivity index (χ0v) is 21.5. The van der Waals surface area contributed by atoms with E-state index in [1.54, 1.807) is 30.3 Å². The number of alkyl halides is 3. The third-order valence-electron chi connectivity index (χ3n) is 3.96. The summed E-state index contributed by atoms with van der Waals surface area (Å²) in [4.78, 5) is 13.5. The van der Waals surface area contributed by atoms with Crippen molar-refractivity contribution in [3.05, 3.63) is 30.3 Å². The van der Waals surface area contributed by atoms with Crippen LogP contribution >= 0.6 is 0 Å². The van der Waals surface area contributed by atoms with Crippen LogP contribution in [0.3, 0.4) is 0 Å². The van der Waals surface area contributed by atoms with Gasteiger partial charge in [0.1, 0.15) is 6.42 Å². The van der Waals surface area contributed by atoms with Crippen molar-refractivity contribution < 1.29 is 26.2 Å². The van der Waals surface area contributed by atoms with Crippen LogP contribution in [0.5, 0.6) is 0 Å². The first-order valence-corrected chi connectivity index (χ1v) is 19.2. The standard InChI is InChI=1S/C19H34F3NO3Si3/c1-27(2,3)25-29(6,7)26-28(4,5)15-11-14-23(17-12-9-8-10-13-17)18(24)16-19(20,21)22/h8-10,12-13H,11,14-16H2,1-7H3. The summed E-state index contributed by atoms with van der Waals surface area (Å²) in [5.41, 5.74) is 0.485. The van der Waals surface area contributed by atoms with E-state index < -0.39 is 43.7 Å². The van der Waals surface area contributed by atoms with Gasteiger partial charge in [-0.3, -0.25) is 4.79 Å². The van der Waals surface area contributed by atoms with Crippen LogP contribution in [0.1, 0.15) is 12.8 Å². The van der Waals surface area contributed by atoms with Gasteiger partial charge in [0, 0.05) is 12.2 Å². The number of hydrogen-bond acceptors (Lipinski definition) is 3. The second-order valence-corrected chi connectivity index (χ2v) is 21.9. The molecule has 1 amide bonds. The Hall–Kier alpha value is -0.949. The van der Waals surface area contributed by atoms with E-state index in [4.69, 9.17) is 8.23 Å². The van der Waals surface area contributed by atoms with Gasteiger partial charge in [0.15, 0.2) is 16.6 Å². The number of benzene rings is 1. The molecule has 0 aromatic heterocycles. The molecule has 0 fully saturated rings. The van der Waals surface area contributed by atoms with Crippen LogP contribution in [0.4, 0.5) is 18.9 Å². The average Bonchev–Trinajstić information content (AvgIpc) is 2.46. The lowest BCUT2D eigenvalue weighted by atomic mass is 10.2. The number of anilines is 1. The summed E-state index contributed by atoms with van der Waals surface area (Å²) in [7, 11) is -6.09. The van der Waals surface area contributed by atoms with Gasteiger partial charge in [-0.2, -0.15) is 13.2 Å². The summed E-state index contributed by atoms with van der Waals surface area (Å²) in [6.45, 7) is 14.9. The van der Waals surface area contributed by atoms with Crippen LogP contribution in [0, 0.1) is 0 Å². The molecule has 0 aliphatic heterocycles. The van der Waals surface area contributed by atoms with Crippen LogP contribution in [0.15, 0.2) is 30.3 Å². The van der Waals surface area contributed by atoms with E-state index in [0.717, 1.165) is 6.04 Å². The lowest BCUT2D eigenvalue weighted by molar-refractivity contribution is -0.151. The summed E-state index contributed by atoms with van der Waals surface area (Å²) in [6.07, 6.45) is -5.40. The van der Waals surface area contributed by atoms with Crippen molar-refractivity contribution in [3.8, 4) is 0 Å². The first-order valence-electron chi connectivity index (χ1n) is 9.82. The molecule has 0 unspecified atom stereocenters. The van der Waals surface area contributed by atoms with Gasteiger partial charge in [-0.05, 0) is 70.4 Å². The Morgan fingerprint density at radius 3 is 2.00 bits per heavy atom. The van der Waals surface area contributed by atoms with Crippen LogP contribution in [-0.2, 0) is 13.0 Å². The van der Waals surface area contributed by atoms with E-state index in [9.17, 15) is 18.0 Å². The lowest BCUT2D eigenvalue weighted by Crippen LogP contribution is -2.51. The van der Waals surface area contributed by atoms with Crippen LogP contribution in [-0.4, -0.2) is 43.8 Å². The highest BCUT2D eigenvalue weighted by Gasteiger charge is 2.38. The molecule has 0 aliphatic rings. The van der Waals surface area contributed by atoms with Gasteiger partial charge in [-0.1, -0.05) is 18.2 Å². The number of para-hydroxylation sites is 1. The molecule has 0 bridgehead atoms. The fraction of sp³-hybridized carbons (Fsp3) is 0.632. The minimum absolute atomic E-state index is 0.232. The normalized spacial score (nSPS) is 13.4. The summed E-state index contributed by atoms with van der Waals surface area (Å²) < 4.78 is 50.9. The van der Waals surface area contributed by atoms with Crippen molar-refractivity contribution in [2.75, 3.05) is 11.4 Å². The van der Waals surface area contributed by atoms with E-state index >= 15 is 0 Å². The summed E-state index contributed by atoms with van der Waals surface area (Å²) in [5, 5.41) is 0. The molecule has 0 radical (unpaired) electrons. The maximum atomic E-state index is 12.7. The summed E-state index contributed by atoms with van der Waals surface area (Å²) >= 11 is 0. The minimum atomic E-state index is -4.52. The molecule has 0 atom stereocenters. The molecule has 29 heavy (non-hydrogen) atoms. The lowest BCUT2D eigenvalue weighted by Gasteiger charge is -2.37. The van der Waals surface area contributed by atoms with E-state index in [1.165, 1.54) is 4.90 Å². The Labute approximate surface area is 175 Å². The van der Waals surface area contributed by atoms with E-state index in [2.05, 4.69) is 32.7 Å². The molecule has 1 aromatic rings. The molecule has 0 saturated heterocycles. The van der Waals surface area contributed by atoms with E-state index in [0.29, 0.717) is 12.1 Å². The largest absolute Gasteiger partial charge is 0.437 e. The van der Waals surface area contributed by atoms with Crippen LogP contribution in [0.25, 0.3) is 0 Å². The number of rotatable bonds is 10. The van der Waals surface area contributed by atoms with Gasteiger partial charge in [-0.25, -0.2) is 0 Å². The smallest absolute Gasteiger partial charge is 0.397 e. The molecule has 166 valence electrons. The molecule has 1 aromatic carbocycles. The highest BCUT2D eigenvalue weighted by atomic mass is 28.5. The molecule has 4 nitrogen and oxygen atoms in total. The molecule has 0 saturated carbocycles. The third-order valence-corrected chi connectivity index (χ3v) is 14.1. The summed E-state index contributed by atoms with van der Waals surface area (Å²) in [5.74, 6) is -0.930. The van der Waals surface area contributed by atoms with Crippen molar-refractivity contribution >= 4 is 36.8 Å². The first kappa shape index (κ1) is 26.1. The van der Waals surface area contributed by atoms with E-state index in [-0.39, 0.29) is 6.54 Å². The topological polar surface area (TPSA) is 38.8 Å². The molecular formula is C19H34F3NO3Si3. The van der Waals surface area contributed by atoms with Crippen molar-refractivity contribution in [3.63, 3.8) is 0 Å². The molecular weight excluding hydrogens is 431 g/mol. The molecule has 0 spiro atoms. The fourth-order valence-corrected chi connectivity index (χ4v) is 16.6. The molecule has 0 heterocycles. The Bertz CT molecular complexity index is 662. The van der Waals surface area contributed by atoms with Gasteiger partial charge in [0.2, 0.25) is 5.91 Å². The van der Waals surface area contributed by atoms with Crippen LogP contribution in [0.2, 0.25) is 51.9 Å². The Morgan fingerprint density at radius 2 is 1.52 bits per heavy atom. The monoisotopic (exact) mass is 465 g/mol. The number of hydrogen-bond donors (Lipinski definition) is 0. The van der Waals surface area contributed by atoms with Crippen molar-refractivity contribution in [1.29, 1.82) is 0 Å². The number of carbonyl (C=O) groups excluding carboxylic acids is 1. The predicted octanol–water partition coefficient (Wildman–Crippen LogP) is 6.14. The average molecular weight is 466 g/mol. The number of halogens is 3. The molecule has 10 heteroatoms. The van der Waals surface area contributed by atoms with Crippen molar-refractivity contribution in [2.45, 2.75) is 70.9 Å². The number of nitrogens with zero attached hydrogens (tertiary/aromatic N) is 1. The quantitative estimate of drug-likeness (QED) is 0.390. The van der Waals surface area contributed by atoms with Gasteiger partial charge < -0.3 is 13.1 Å². The number of amides is 1. The Kier molecular flexibility index (Phi) is 8.91. The SMILES string of the molecule is C[Si](C)(C)O[Si](C)(C)O[Si](C)(C)CCCN(C(=O)CC(F)(F)F)c1ccccc1. The second-order valence-electron chi connectivity index (χ2n) is 9.25. The first-order chi connectivity index (χ1) is 13.0. The van der Waals surface area contributed by atoms with Gasteiger partial charge >= 0.3 is 14.7 Å². The molecule has 0 aliphatic carbocycles. The fourth-order valence-electron chi connectivity index (χ4n) is 3.41. The van der Waals surface area contributed by atoms with Crippen LogP contribution < -0.4 is 4.90 Å². The highest BCUT2D eigenvalue weighted by Crippen LogP contribution is 2.26. The zero-order valence-electron chi connectivity index (χ0n) is 18.5. The number of carbonyl (C=O) groups is 1. The van der Waals surface area contributed by atoms with Gasteiger partial charge in [0.05, 0.1) is 0 Å². The predicted molar refractivity (Wildman–Crippen MR) is 119 cm³/mol. The Balaban J connectivity index is 2.78. The maximum Gasteiger partial charge on any atom is 0.397 e. The second kappa shape index (κ2) is 9.91. The summed E-state index contributed by atoms with van der Waals surface area (Å²) in [6, 6.07) is 9.25. The van der Waals surface area contributed by atoms with Gasteiger partial charge in [-0.15, -0.1) is 0 Å². The third kappa shape index (κ3) is 11.1. The zero-order chi connectivity index (χ0) is 22.5. The molecule has 1 rings (SSSR count). The maximum absolute atomic E-state index is 12.7. The minimum Gasteiger partial charge on any atom is -0.437 e. The Morgan fingerprint density at radius 1 is 0.966 bits per heavy atom. The van der Waals surface area contributed by atoms with Crippen molar-refractivity contribution in [2.24, 2.45) is 0 Å². The highest BCUT2D eigenvalue weighted by molar-refractivity contribution is 6.87. The van der Waals surface area contributed by atoms with E-state index in [1.807, 2.05) is 13.1 Å². The molecule has 0 N–H and O–H groups in total. The van der Waals surface area contributed by atoms with Gasteiger partial charge in [0.25, 0.3) is 0 Å². The van der Waals surface area contributed by atoms with Crippen molar-refractivity contribution in [1.82, 2.24) is 0 Å².